The summed E-state index contributed by atoms with van der Waals surface area (Å²) in [5.74, 6) is -0.0815. The summed E-state index contributed by atoms with van der Waals surface area (Å²) in [6.45, 7) is 0.525. The first kappa shape index (κ1) is 14.7. The molecule has 112 valence electrons. The third-order valence-corrected chi connectivity index (χ3v) is 4.07. The fourth-order valence-electron chi connectivity index (χ4n) is 2.74. The van der Waals surface area contributed by atoms with Gasteiger partial charge in [-0.05, 0) is 17.2 Å². The molecule has 1 aromatic heterocycles. The SMILES string of the molecule is O=C(CCl)NC[C@H](c1ccccc1)c1c[nH]c2ccccc12. The van der Waals surface area contributed by atoms with Crippen molar-refractivity contribution in [2.75, 3.05) is 12.4 Å². The Morgan fingerprint density at radius 3 is 2.59 bits per heavy atom. The maximum Gasteiger partial charge on any atom is 0.234 e. The van der Waals surface area contributed by atoms with Gasteiger partial charge < -0.3 is 10.3 Å². The van der Waals surface area contributed by atoms with Gasteiger partial charge in [-0.25, -0.2) is 0 Å². The Kier molecular flexibility index (Phi) is 4.45. The third-order valence-electron chi connectivity index (χ3n) is 3.82. The van der Waals surface area contributed by atoms with Crippen LogP contribution in [0.25, 0.3) is 10.9 Å². The van der Waals surface area contributed by atoms with Crippen molar-refractivity contribution >= 4 is 28.4 Å². The van der Waals surface area contributed by atoms with Crippen LogP contribution in [-0.2, 0) is 4.79 Å². The summed E-state index contributed by atoms with van der Waals surface area (Å²) in [4.78, 5) is 14.8. The van der Waals surface area contributed by atoms with E-state index in [1.54, 1.807) is 0 Å². The predicted octanol–water partition coefficient (Wildman–Crippen LogP) is 3.65. The number of hydrogen-bond acceptors (Lipinski definition) is 1. The highest BCUT2D eigenvalue weighted by atomic mass is 35.5. The first-order valence-corrected chi connectivity index (χ1v) is 7.76. The van der Waals surface area contributed by atoms with Crippen LogP contribution in [0.2, 0.25) is 0 Å². The minimum atomic E-state index is -0.151. The first-order valence-electron chi connectivity index (χ1n) is 7.23. The number of halogens is 1. The number of carbonyl (C=O) groups is 1. The monoisotopic (exact) mass is 312 g/mol. The lowest BCUT2D eigenvalue weighted by molar-refractivity contribution is -0.118. The maximum atomic E-state index is 11.5. The van der Waals surface area contributed by atoms with E-state index in [1.165, 1.54) is 16.5 Å². The Morgan fingerprint density at radius 1 is 1.09 bits per heavy atom. The first-order chi connectivity index (χ1) is 10.8. The van der Waals surface area contributed by atoms with Crippen molar-refractivity contribution in [3.05, 3.63) is 71.9 Å². The second-order valence-electron chi connectivity index (χ2n) is 5.19. The highest BCUT2D eigenvalue weighted by molar-refractivity contribution is 6.27. The van der Waals surface area contributed by atoms with Gasteiger partial charge in [0.2, 0.25) is 5.91 Å². The Balaban J connectivity index is 1.99. The largest absolute Gasteiger partial charge is 0.361 e. The fraction of sp³-hybridized carbons (Fsp3) is 0.167. The molecule has 2 aromatic carbocycles. The van der Waals surface area contributed by atoms with Gasteiger partial charge in [0.15, 0.2) is 0 Å². The van der Waals surface area contributed by atoms with Gasteiger partial charge in [-0.1, -0.05) is 48.5 Å². The number of aromatic amines is 1. The highest BCUT2D eigenvalue weighted by Gasteiger charge is 2.18. The van der Waals surface area contributed by atoms with Gasteiger partial charge >= 0.3 is 0 Å². The van der Waals surface area contributed by atoms with E-state index in [1.807, 2.05) is 36.5 Å². The van der Waals surface area contributed by atoms with E-state index in [4.69, 9.17) is 11.6 Å². The molecule has 0 aliphatic heterocycles. The molecule has 3 rings (SSSR count). The molecule has 1 amide bonds. The van der Waals surface area contributed by atoms with Crippen molar-refractivity contribution in [1.82, 2.24) is 10.3 Å². The van der Waals surface area contributed by atoms with Crippen molar-refractivity contribution in [3.8, 4) is 0 Å². The van der Waals surface area contributed by atoms with Gasteiger partial charge in [0, 0.05) is 29.6 Å². The van der Waals surface area contributed by atoms with Crippen LogP contribution >= 0.6 is 11.6 Å². The highest BCUT2D eigenvalue weighted by Crippen LogP contribution is 2.30. The van der Waals surface area contributed by atoms with Crippen molar-refractivity contribution in [1.29, 1.82) is 0 Å². The number of amides is 1. The number of para-hydroxylation sites is 1. The number of rotatable bonds is 5. The molecule has 0 fully saturated rings. The maximum absolute atomic E-state index is 11.5. The number of H-pyrrole nitrogens is 1. The Labute approximate surface area is 134 Å². The van der Waals surface area contributed by atoms with Gasteiger partial charge in [0.25, 0.3) is 0 Å². The summed E-state index contributed by atoms with van der Waals surface area (Å²) in [5.41, 5.74) is 3.45. The van der Waals surface area contributed by atoms with Crippen LogP contribution in [0.15, 0.2) is 60.8 Å². The number of fused-ring (bicyclic) bond motifs is 1. The zero-order valence-electron chi connectivity index (χ0n) is 12.1. The lowest BCUT2D eigenvalue weighted by Crippen LogP contribution is -2.29. The van der Waals surface area contributed by atoms with Crippen LogP contribution < -0.4 is 5.32 Å². The molecule has 22 heavy (non-hydrogen) atoms. The van der Waals surface area contributed by atoms with E-state index < -0.39 is 0 Å². The Hall–Kier alpha value is -2.26. The summed E-state index contributed by atoms with van der Waals surface area (Å²) >= 11 is 5.58. The van der Waals surface area contributed by atoms with Crippen LogP contribution in [0.1, 0.15) is 17.0 Å². The second-order valence-corrected chi connectivity index (χ2v) is 5.46. The van der Waals surface area contributed by atoms with E-state index in [-0.39, 0.29) is 17.7 Å². The summed E-state index contributed by atoms with van der Waals surface area (Å²) in [7, 11) is 0. The molecule has 0 unspecified atom stereocenters. The number of nitrogens with one attached hydrogen (secondary N) is 2. The van der Waals surface area contributed by atoms with Gasteiger partial charge in [0.1, 0.15) is 5.88 Å². The molecule has 0 aliphatic carbocycles. The van der Waals surface area contributed by atoms with Gasteiger partial charge in [-0.15, -0.1) is 11.6 Å². The molecule has 0 saturated carbocycles. The quantitative estimate of drug-likeness (QED) is 0.694. The molecule has 0 saturated heterocycles. The number of alkyl halides is 1. The minimum absolute atomic E-state index is 0.0185. The Morgan fingerprint density at radius 2 is 1.82 bits per heavy atom. The molecule has 1 heterocycles. The van der Waals surface area contributed by atoms with E-state index in [2.05, 4.69) is 34.6 Å². The molecule has 0 spiro atoms. The molecular weight excluding hydrogens is 296 g/mol. The lowest BCUT2D eigenvalue weighted by atomic mass is 9.91. The minimum Gasteiger partial charge on any atom is -0.361 e. The smallest absolute Gasteiger partial charge is 0.234 e. The third kappa shape index (κ3) is 3.00. The normalized spacial score (nSPS) is 12.2. The van der Waals surface area contributed by atoms with Crippen molar-refractivity contribution < 1.29 is 4.79 Å². The van der Waals surface area contributed by atoms with E-state index in [0.717, 1.165) is 5.52 Å². The molecule has 0 aliphatic rings. The fourth-order valence-corrected chi connectivity index (χ4v) is 2.83. The Bertz CT molecular complexity index is 767. The van der Waals surface area contributed by atoms with Crippen LogP contribution in [0.4, 0.5) is 0 Å². The molecule has 0 bridgehead atoms. The van der Waals surface area contributed by atoms with Crippen molar-refractivity contribution in [2.24, 2.45) is 0 Å². The van der Waals surface area contributed by atoms with E-state index in [9.17, 15) is 4.79 Å². The van der Waals surface area contributed by atoms with Gasteiger partial charge in [-0.2, -0.15) is 0 Å². The molecular formula is C18H17ClN2O. The summed E-state index contributed by atoms with van der Waals surface area (Å²) in [6, 6.07) is 18.4. The number of aromatic nitrogens is 1. The summed E-state index contributed by atoms with van der Waals surface area (Å²) in [6.07, 6.45) is 2.02. The van der Waals surface area contributed by atoms with E-state index in [0.29, 0.717) is 6.54 Å². The average molecular weight is 313 g/mol. The van der Waals surface area contributed by atoms with Crippen LogP contribution in [-0.4, -0.2) is 23.3 Å². The summed E-state index contributed by atoms with van der Waals surface area (Å²) in [5, 5.41) is 4.08. The molecule has 4 heteroatoms. The summed E-state index contributed by atoms with van der Waals surface area (Å²) < 4.78 is 0. The average Bonchev–Trinajstić information content (AvgIpc) is 3.00. The van der Waals surface area contributed by atoms with E-state index >= 15 is 0 Å². The van der Waals surface area contributed by atoms with Crippen LogP contribution in [0.3, 0.4) is 0 Å². The van der Waals surface area contributed by atoms with Crippen LogP contribution in [0.5, 0.6) is 0 Å². The molecule has 0 radical (unpaired) electrons. The molecule has 3 nitrogen and oxygen atoms in total. The van der Waals surface area contributed by atoms with Crippen LogP contribution in [0, 0.1) is 0 Å². The van der Waals surface area contributed by atoms with Gasteiger partial charge in [0.05, 0.1) is 0 Å². The molecule has 2 N–H and O–H groups in total. The topological polar surface area (TPSA) is 44.9 Å². The standard InChI is InChI=1S/C18H17ClN2O/c19-10-18(22)21-11-15(13-6-2-1-3-7-13)16-12-20-17-9-5-4-8-14(16)17/h1-9,12,15,20H,10-11H2,(H,21,22)/t15-/m1/s1. The second kappa shape index (κ2) is 6.67. The van der Waals surface area contributed by atoms with Crippen molar-refractivity contribution in [2.45, 2.75) is 5.92 Å². The van der Waals surface area contributed by atoms with Crippen molar-refractivity contribution in [3.63, 3.8) is 0 Å². The zero-order valence-corrected chi connectivity index (χ0v) is 12.8. The molecule has 1 atom stereocenters. The lowest BCUT2D eigenvalue weighted by Gasteiger charge is -2.18. The zero-order chi connectivity index (χ0) is 15.4. The molecule has 3 aromatic rings. The number of benzene rings is 2. The number of hydrogen-bond donors (Lipinski definition) is 2. The predicted molar refractivity (Wildman–Crippen MR) is 90.3 cm³/mol. The van der Waals surface area contributed by atoms with Gasteiger partial charge in [-0.3, -0.25) is 4.79 Å². The number of carbonyl (C=O) groups excluding carboxylic acids is 1.